The molecule has 4 heterocycles. The van der Waals surface area contributed by atoms with Gasteiger partial charge in [0, 0.05) is 48.1 Å². The summed E-state index contributed by atoms with van der Waals surface area (Å²) in [6, 6.07) is 4.99. The van der Waals surface area contributed by atoms with E-state index in [4.69, 9.17) is 9.05 Å². The van der Waals surface area contributed by atoms with Crippen molar-refractivity contribution >= 4 is 36.6 Å². The Kier molecular flexibility index (Phi) is 11.0. The van der Waals surface area contributed by atoms with Gasteiger partial charge in [-0.05, 0) is 78.3 Å². The minimum atomic E-state index is -0.107. The Bertz CT molecular complexity index is 972. The molecule has 0 bridgehead atoms. The molecule has 0 spiro atoms. The minimum Gasteiger partial charge on any atom is -0.360 e. The first-order valence-corrected chi connectivity index (χ1v) is 13.5. The van der Waals surface area contributed by atoms with Gasteiger partial charge in [-0.15, -0.1) is 24.8 Å². The van der Waals surface area contributed by atoms with Gasteiger partial charge in [0.25, 0.3) is 11.8 Å². The number of halogens is 2. The molecule has 2 saturated heterocycles. The summed E-state index contributed by atoms with van der Waals surface area (Å²) in [7, 11) is 0. The lowest BCUT2D eigenvalue weighted by molar-refractivity contribution is 0.0907. The standard InChI is InChI=1S/2C13H19N3O2.2ClH/c2*1-8-6-10(4-5-14-8)15-13(17)11-7-12(18-16-11)9-2-3-9;;/h2*7-10,14H,2-6H2,1H3,(H,15,17);2*1H/t8-,10+;8-,10-;;/m11../s1. The van der Waals surface area contributed by atoms with Crippen LogP contribution >= 0.6 is 24.8 Å². The van der Waals surface area contributed by atoms with Gasteiger partial charge in [-0.1, -0.05) is 10.3 Å². The van der Waals surface area contributed by atoms with Crippen molar-refractivity contribution in [3.05, 3.63) is 35.0 Å². The monoisotopic (exact) mass is 570 g/mol. The van der Waals surface area contributed by atoms with Crippen molar-refractivity contribution in [2.75, 3.05) is 13.1 Å². The van der Waals surface area contributed by atoms with Gasteiger partial charge in [0.15, 0.2) is 11.4 Å². The largest absolute Gasteiger partial charge is 0.360 e. The molecule has 2 aromatic heterocycles. The molecule has 0 aromatic carbocycles. The predicted molar refractivity (Wildman–Crippen MR) is 147 cm³/mol. The van der Waals surface area contributed by atoms with Gasteiger partial charge in [-0.25, -0.2) is 0 Å². The summed E-state index contributed by atoms with van der Waals surface area (Å²) < 4.78 is 10.4. The van der Waals surface area contributed by atoms with E-state index >= 15 is 0 Å². The van der Waals surface area contributed by atoms with Crippen LogP contribution in [0.1, 0.15) is 110 Å². The molecule has 6 rings (SSSR count). The van der Waals surface area contributed by atoms with Gasteiger partial charge >= 0.3 is 0 Å². The first kappa shape index (κ1) is 30.4. The summed E-state index contributed by atoms with van der Waals surface area (Å²) >= 11 is 0. The van der Waals surface area contributed by atoms with E-state index in [-0.39, 0.29) is 48.7 Å². The lowest BCUT2D eigenvalue weighted by Crippen LogP contribution is -2.46. The van der Waals surface area contributed by atoms with Crippen molar-refractivity contribution in [1.29, 1.82) is 0 Å². The molecule has 2 amide bonds. The second-order valence-electron chi connectivity index (χ2n) is 10.9. The number of hydrogen-bond acceptors (Lipinski definition) is 8. The molecule has 4 N–H and O–H groups in total. The summed E-state index contributed by atoms with van der Waals surface area (Å²) in [6.45, 7) is 6.19. The first-order chi connectivity index (χ1) is 17.4. The maximum absolute atomic E-state index is 12.0. The minimum absolute atomic E-state index is 0. The summed E-state index contributed by atoms with van der Waals surface area (Å²) in [5.74, 6) is 2.50. The molecule has 0 unspecified atom stereocenters. The van der Waals surface area contributed by atoms with Crippen molar-refractivity contribution in [1.82, 2.24) is 31.6 Å². The molecule has 4 aliphatic rings. The van der Waals surface area contributed by atoms with E-state index < -0.39 is 0 Å². The molecule has 10 nitrogen and oxygen atoms in total. The van der Waals surface area contributed by atoms with E-state index in [1.807, 2.05) is 0 Å². The predicted octanol–water partition coefficient (Wildman–Crippen LogP) is 3.69. The number of hydrogen-bond donors (Lipinski definition) is 4. The molecular formula is C26H40Cl2N6O4. The number of nitrogens with one attached hydrogen (secondary N) is 4. The highest BCUT2D eigenvalue weighted by molar-refractivity contribution is 5.93. The molecule has 2 aliphatic heterocycles. The Morgan fingerprint density at radius 1 is 0.737 bits per heavy atom. The van der Waals surface area contributed by atoms with Crippen LogP contribution in [0.3, 0.4) is 0 Å². The Labute approximate surface area is 236 Å². The van der Waals surface area contributed by atoms with E-state index in [1.165, 1.54) is 0 Å². The molecule has 2 aliphatic carbocycles. The van der Waals surface area contributed by atoms with Gasteiger partial charge in [0.05, 0.1) is 0 Å². The zero-order valence-electron chi connectivity index (χ0n) is 22.0. The van der Waals surface area contributed by atoms with Crippen molar-refractivity contribution in [2.24, 2.45) is 0 Å². The fourth-order valence-electron chi connectivity index (χ4n) is 4.96. The van der Waals surface area contributed by atoms with E-state index in [1.54, 1.807) is 12.1 Å². The van der Waals surface area contributed by atoms with Crippen LogP contribution in [0.5, 0.6) is 0 Å². The van der Waals surface area contributed by atoms with Gasteiger partial charge in [0.2, 0.25) is 0 Å². The van der Waals surface area contributed by atoms with Crippen LogP contribution in [-0.2, 0) is 0 Å². The molecule has 12 heteroatoms. The second kappa shape index (κ2) is 13.8. The summed E-state index contributed by atoms with van der Waals surface area (Å²) in [4.78, 5) is 24.0. The SMILES string of the molecule is C[C@@H]1C[C@@H](NC(=O)c2cc(C3CC3)on2)CCN1.C[C@@H]1C[C@H](NC(=O)c2cc(C3CC3)on2)CCN1.Cl.Cl. The second-order valence-corrected chi connectivity index (χ2v) is 10.9. The van der Waals surface area contributed by atoms with Gasteiger partial charge in [-0.3, -0.25) is 9.59 Å². The van der Waals surface area contributed by atoms with Crippen LogP contribution in [0.2, 0.25) is 0 Å². The average Bonchev–Trinajstić information content (AvgIpc) is 3.79. The highest BCUT2D eigenvalue weighted by Gasteiger charge is 2.30. The Balaban J connectivity index is 0.000000200. The molecule has 4 atom stereocenters. The highest BCUT2D eigenvalue weighted by Crippen LogP contribution is 2.40. The number of carbonyl (C=O) groups is 2. The van der Waals surface area contributed by atoms with Crippen LogP contribution in [0.25, 0.3) is 0 Å². The maximum Gasteiger partial charge on any atom is 0.273 e. The van der Waals surface area contributed by atoms with Crippen LogP contribution in [0.4, 0.5) is 0 Å². The molecule has 4 fully saturated rings. The number of nitrogens with zero attached hydrogens (tertiary/aromatic N) is 2. The normalized spacial score (nSPS) is 26.6. The van der Waals surface area contributed by atoms with Crippen LogP contribution in [-0.4, -0.2) is 59.4 Å². The highest BCUT2D eigenvalue weighted by atomic mass is 35.5. The van der Waals surface area contributed by atoms with Gasteiger partial charge in [0.1, 0.15) is 11.5 Å². The lowest BCUT2D eigenvalue weighted by Gasteiger charge is -2.28. The third-order valence-electron chi connectivity index (χ3n) is 7.40. The zero-order valence-corrected chi connectivity index (χ0v) is 23.7. The molecular weight excluding hydrogens is 531 g/mol. The molecule has 38 heavy (non-hydrogen) atoms. The summed E-state index contributed by atoms with van der Waals surface area (Å²) in [5.41, 5.74) is 0.839. The number of aromatic nitrogens is 2. The zero-order chi connectivity index (χ0) is 25.1. The van der Waals surface area contributed by atoms with Crippen molar-refractivity contribution in [3.8, 4) is 0 Å². The third kappa shape index (κ3) is 8.43. The maximum atomic E-state index is 12.0. The van der Waals surface area contributed by atoms with Crippen LogP contribution in [0.15, 0.2) is 21.2 Å². The van der Waals surface area contributed by atoms with Crippen molar-refractivity contribution in [2.45, 2.75) is 101 Å². The summed E-state index contributed by atoms with van der Waals surface area (Å²) in [5, 5.41) is 20.5. The van der Waals surface area contributed by atoms with Crippen LogP contribution < -0.4 is 21.3 Å². The van der Waals surface area contributed by atoms with Gasteiger partial charge in [-0.2, -0.15) is 0 Å². The van der Waals surface area contributed by atoms with Crippen molar-refractivity contribution in [3.63, 3.8) is 0 Å². The fraction of sp³-hybridized carbons (Fsp3) is 0.692. The van der Waals surface area contributed by atoms with Crippen molar-refractivity contribution < 1.29 is 18.6 Å². The lowest BCUT2D eigenvalue weighted by atomic mass is 10.0. The summed E-state index contributed by atoms with van der Waals surface area (Å²) in [6.07, 6.45) is 8.51. The van der Waals surface area contributed by atoms with E-state index in [9.17, 15) is 9.59 Å². The van der Waals surface area contributed by atoms with E-state index in [2.05, 4.69) is 45.4 Å². The average molecular weight is 572 g/mol. The fourth-order valence-corrected chi connectivity index (χ4v) is 4.96. The number of piperidine rings is 2. The molecule has 0 radical (unpaired) electrons. The number of amides is 2. The smallest absolute Gasteiger partial charge is 0.273 e. The Morgan fingerprint density at radius 2 is 1.13 bits per heavy atom. The van der Waals surface area contributed by atoms with Crippen LogP contribution in [0, 0.1) is 0 Å². The number of carbonyl (C=O) groups excluding carboxylic acids is 2. The molecule has 2 aromatic rings. The Morgan fingerprint density at radius 3 is 1.47 bits per heavy atom. The van der Waals surface area contributed by atoms with Gasteiger partial charge < -0.3 is 30.3 Å². The van der Waals surface area contributed by atoms with E-state index in [0.717, 1.165) is 76.0 Å². The molecule has 212 valence electrons. The first-order valence-electron chi connectivity index (χ1n) is 13.5. The van der Waals surface area contributed by atoms with E-state index in [0.29, 0.717) is 35.3 Å². The number of rotatable bonds is 6. The Hall–Kier alpha value is -2.14. The topological polar surface area (TPSA) is 134 Å². The molecule has 2 saturated carbocycles. The third-order valence-corrected chi connectivity index (χ3v) is 7.40. The quantitative estimate of drug-likeness (QED) is 0.413.